The van der Waals surface area contributed by atoms with E-state index in [0.29, 0.717) is 12.3 Å². The van der Waals surface area contributed by atoms with Gasteiger partial charge in [-0.15, -0.1) is 0 Å². The van der Waals surface area contributed by atoms with Gasteiger partial charge in [-0.25, -0.2) is 0 Å². The van der Waals surface area contributed by atoms with Crippen LogP contribution in [0.5, 0.6) is 0 Å². The van der Waals surface area contributed by atoms with Gasteiger partial charge < -0.3 is 15.5 Å². The molecule has 2 fully saturated rings. The number of nitrogens with zero attached hydrogens (tertiary/aromatic N) is 1. The lowest BCUT2D eigenvalue weighted by Crippen LogP contribution is -2.28. The van der Waals surface area contributed by atoms with E-state index in [0.717, 1.165) is 38.3 Å². The van der Waals surface area contributed by atoms with E-state index in [1.807, 2.05) is 12.1 Å². The molecule has 4 heteroatoms. The minimum absolute atomic E-state index is 0.150. The van der Waals surface area contributed by atoms with Crippen molar-refractivity contribution in [3.63, 3.8) is 0 Å². The third-order valence-electron chi connectivity index (χ3n) is 4.84. The summed E-state index contributed by atoms with van der Waals surface area (Å²) in [6.45, 7) is 4.47. The van der Waals surface area contributed by atoms with Crippen LogP contribution in [0.2, 0.25) is 0 Å². The van der Waals surface area contributed by atoms with E-state index in [1.165, 1.54) is 31.4 Å². The topological polar surface area (TPSA) is 44.4 Å². The van der Waals surface area contributed by atoms with Gasteiger partial charge >= 0.3 is 0 Å². The molecular formula is C18H27N3O. The normalized spacial score (nSPS) is 19.4. The molecule has 0 unspecified atom stereocenters. The highest BCUT2D eigenvalue weighted by Crippen LogP contribution is 2.24. The van der Waals surface area contributed by atoms with E-state index in [1.54, 1.807) is 0 Å². The van der Waals surface area contributed by atoms with Crippen molar-refractivity contribution in [2.45, 2.75) is 38.5 Å². The zero-order valence-electron chi connectivity index (χ0n) is 13.3. The molecule has 1 aromatic carbocycles. The van der Waals surface area contributed by atoms with Crippen molar-refractivity contribution >= 4 is 17.3 Å². The molecule has 0 bridgehead atoms. The molecule has 0 saturated carbocycles. The Morgan fingerprint density at radius 1 is 1.23 bits per heavy atom. The van der Waals surface area contributed by atoms with Crippen molar-refractivity contribution in [1.82, 2.24) is 5.32 Å². The van der Waals surface area contributed by atoms with Crippen LogP contribution >= 0.6 is 0 Å². The molecule has 2 N–H and O–H groups in total. The fraction of sp³-hybridized carbons (Fsp3) is 0.611. The Balaban J connectivity index is 1.49. The van der Waals surface area contributed by atoms with Crippen molar-refractivity contribution in [2.75, 3.05) is 36.4 Å². The predicted octanol–water partition coefficient (Wildman–Crippen LogP) is 3.01. The standard InChI is InChI=1S/C18H27N3O/c22-18(7-6-15-8-10-19-11-9-15)20-16-4-3-5-17(14-16)21-12-1-2-13-21/h3-5,14-15,19H,1-2,6-13H2,(H,20,22). The van der Waals surface area contributed by atoms with Crippen molar-refractivity contribution in [1.29, 1.82) is 0 Å². The number of anilines is 2. The lowest BCUT2D eigenvalue weighted by molar-refractivity contribution is -0.116. The van der Waals surface area contributed by atoms with Crippen LogP contribution in [0.15, 0.2) is 24.3 Å². The smallest absolute Gasteiger partial charge is 0.224 e. The van der Waals surface area contributed by atoms with Crippen LogP contribution in [0, 0.1) is 5.92 Å². The van der Waals surface area contributed by atoms with Crippen LogP contribution < -0.4 is 15.5 Å². The molecule has 0 spiro atoms. The SMILES string of the molecule is O=C(CCC1CCNCC1)Nc1cccc(N2CCCC2)c1. The van der Waals surface area contributed by atoms with Gasteiger partial charge in [0.15, 0.2) is 0 Å². The van der Waals surface area contributed by atoms with E-state index < -0.39 is 0 Å². The number of hydrogen-bond donors (Lipinski definition) is 2. The Labute approximate surface area is 133 Å². The Morgan fingerprint density at radius 3 is 2.77 bits per heavy atom. The summed E-state index contributed by atoms with van der Waals surface area (Å²) >= 11 is 0. The van der Waals surface area contributed by atoms with Gasteiger partial charge in [0.25, 0.3) is 0 Å². The summed E-state index contributed by atoms with van der Waals surface area (Å²) in [5.41, 5.74) is 2.16. The number of carbonyl (C=O) groups excluding carboxylic acids is 1. The Morgan fingerprint density at radius 2 is 2.00 bits per heavy atom. The van der Waals surface area contributed by atoms with Crippen LogP contribution in [0.4, 0.5) is 11.4 Å². The molecule has 2 aliphatic heterocycles. The summed E-state index contributed by atoms with van der Waals surface area (Å²) in [5.74, 6) is 0.861. The number of benzene rings is 1. The molecule has 0 radical (unpaired) electrons. The maximum absolute atomic E-state index is 12.1. The summed E-state index contributed by atoms with van der Waals surface area (Å²) in [4.78, 5) is 14.5. The Kier molecular flexibility index (Phi) is 5.33. The molecule has 0 aliphatic carbocycles. The summed E-state index contributed by atoms with van der Waals surface area (Å²) in [7, 11) is 0. The van der Waals surface area contributed by atoms with Gasteiger partial charge in [0.2, 0.25) is 5.91 Å². The van der Waals surface area contributed by atoms with Gasteiger partial charge in [-0.1, -0.05) is 6.07 Å². The fourth-order valence-electron chi connectivity index (χ4n) is 3.48. The van der Waals surface area contributed by atoms with E-state index in [2.05, 4.69) is 27.7 Å². The van der Waals surface area contributed by atoms with Crippen molar-refractivity contribution in [2.24, 2.45) is 5.92 Å². The van der Waals surface area contributed by atoms with Crippen LogP contribution in [0.25, 0.3) is 0 Å². The summed E-state index contributed by atoms with van der Waals surface area (Å²) in [6, 6.07) is 8.27. The number of hydrogen-bond acceptors (Lipinski definition) is 3. The molecule has 2 aliphatic rings. The average molecular weight is 301 g/mol. The fourth-order valence-corrected chi connectivity index (χ4v) is 3.48. The van der Waals surface area contributed by atoms with Crippen molar-refractivity contribution in [3.8, 4) is 0 Å². The molecule has 0 atom stereocenters. The van der Waals surface area contributed by atoms with Gasteiger partial charge in [0, 0.05) is 30.9 Å². The first-order valence-corrected chi connectivity index (χ1v) is 8.67. The molecule has 2 heterocycles. The monoisotopic (exact) mass is 301 g/mol. The van der Waals surface area contributed by atoms with Gasteiger partial charge in [0.1, 0.15) is 0 Å². The molecule has 120 valence electrons. The zero-order valence-corrected chi connectivity index (χ0v) is 13.3. The maximum atomic E-state index is 12.1. The number of amides is 1. The molecule has 0 aromatic heterocycles. The minimum Gasteiger partial charge on any atom is -0.371 e. The number of piperidine rings is 1. The van der Waals surface area contributed by atoms with Crippen LogP contribution in [0.1, 0.15) is 38.5 Å². The van der Waals surface area contributed by atoms with Crippen LogP contribution in [-0.4, -0.2) is 32.1 Å². The lowest BCUT2D eigenvalue weighted by atomic mass is 9.93. The summed E-state index contributed by atoms with van der Waals surface area (Å²) in [6.07, 6.45) is 6.60. The van der Waals surface area contributed by atoms with Crippen molar-refractivity contribution in [3.05, 3.63) is 24.3 Å². The first-order chi connectivity index (χ1) is 10.8. The number of nitrogens with one attached hydrogen (secondary N) is 2. The zero-order chi connectivity index (χ0) is 15.2. The number of carbonyl (C=O) groups is 1. The van der Waals surface area contributed by atoms with Crippen LogP contribution in [0.3, 0.4) is 0 Å². The third kappa shape index (κ3) is 4.23. The van der Waals surface area contributed by atoms with Gasteiger partial charge in [-0.2, -0.15) is 0 Å². The minimum atomic E-state index is 0.150. The molecule has 3 rings (SSSR count). The highest BCUT2D eigenvalue weighted by molar-refractivity contribution is 5.91. The first-order valence-electron chi connectivity index (χ1n) is 8.67. The van der Waals surface area contributed by atoms with E-state index >= 15 is 0 Å². The molecule has 2 saturated heterocycles. The predicted molar refractivity (Wildman–Crippen MR) is 91.3 cm³/mol. The quantitative estimate of drug-likeness (QED) is 0.878. The van der Waals surface area contributed by atoms with Crippen molar-refractivity contribution < 1.29 is 4.79 Å². The maximum Gasteiger partial charge on any atom is 0.224 e. The van der Waals surface area contributed by atoms with Gasteiger partial charge in [-0.05, 0) is 69.3 Å². The highest BCUT2D eigenvalue weighted by Gasteiger charge is 2.15. The van der Waals surface area contributed by atoms with E-state index in [9.17, 15) is 4.79 Å². The summed E-state index contributed by atoms with van der Waals surface area (Å²) in [5, 5.41) is 6.43. The average Bonchev–Trinajstić information content (AvgIpc) is 3.09. The van der Waals surface area contributed by atoms with E-state index in [-0.39, 0.29) is 5.91 Å². The molecule has 22 heavy (non-hydrogen) atoms. The van der Waals surface area contributed by atoms with Gasteiger partial charge in [-0.3, -0.25) is 4.79 Å². The van der Waals surface area contributed by atoms with Gasteiger partial charge in [0.05, 0.1) is 0 Å². The second kappa shape index (κ2) is 7.63. The molecule has 4 nitrogen and oxygen atoms in total. The molecule has 1 aromatic rings. The lowest BCUT2D eigenvalue weighted by Gasteiger charge is -2.22. The van der Waals surface area contributed by atoms with Crippen LogP contribution in [-0.2, 0) is 4.79 Å². The molecule has 1 amide bonds. The highest BCUT2D eigenvalue weighted by atomic mass is 16.1. The second-order valence-corrected chi connectivity index (χ2v) is 6.52. The summed E-state index contributed by atoms with van der Waals surface area (Å²) < 4.78 is 0. The van der Waals surface area contributed by atoms with E-state index in [4.69, 9.17) is 0 Å². The Bertz CT molecular complexity index is 491. The molecular weight excluding hydrogens is 274 g/mol. The largest absolute Gasteiger partial charge is 0.371 e. The second-order valence-electron chi connectivity index (χ2n) is 6.52. The third-order valence-corrected chi connectivity index (χ3v) is 4.84. The Hall–Kier alpha value is -1.55. The first kappa shape index (κ1) is 15.3. The number of rotatable bonds is 5.